The van der Waals surface area contributed by atoms with Gasteiger partial charge in [-0.2, -0.15) is 0 Å². The fraction of sp³-hybridized carbons (Fsp3) is 0.160. The number of fused-ring (bicyclic) bond motifs is 1. The minimum atomic E-state index is -0.0796. The van der Waals surface area contributed by atoms with Gasteiger partial charge in [-0.1, -0.05) is 48.5 Å². The average molecular weight is 396 g/mol. The molecule has 1 amide bonds. The van der Waals surface area contributed by atoms with E-state index in [1.54, 1.807) is 17.3 Å². The lowest BCUT2D eigenvalue weighted by atomic mass is 10.1. The minimum Gasteiger partial charge on any atom is -0.363 e. The van der Waals surface area contributed by atoms with Crippen LogP contribution in [0.5, 0.6) is 0 Å². The van der Waals surface area contributed by atoms with Crippen LogP contribution in [0.15, 0.2) is 85.2 Å². The lowest BCUT2D eigenvalue weighted by Gasteiger charge is -2.22. The zero-order valence-electron chi connectivity index (χ0n) is 17.1. The average Bonchev–Trinajstić information content (AvgIpc) is 2.80. The summed E-state index contributed by atoms with van der Waals surface area (Å²) in [4.78, 5) is 23.8. The first-order valence-electron chi connectivity index (χ1n) is 10.1. The molecular formula is C25H24N4O. The van der Waals surface area contributed by atoms with Crippen molar-refractivity contribution < 1.29 is 4.79 Å². The molecular weight excluding hydrogens is 372 g/mol. The molecule has 0 radical (unpaired) electrons. The summed E-state index contributed by atoms with van der Waals surface area (Å²) in [6.07, 6.45) is 3.37. The Kier molecular flexibility index (Phi) is 5.70. The summed E-state index contributed by atoms with van der Waals surface area (Å²) in [6.45, 7) is 4.60. The Morgan fingerprint density at radius 3 is 2.57 bits per heavy atom. The van der Waals surface area contributed by atoms with Crippen LogP contribution in [-0.2, 0) is 0 Å². The van der Waals surface area contributed by atoms with E-state index >= 15 is 0 Å². The SMILES string of the molecule is CCN(C(=O)c1cnc2ccccc2c1)c1ccnc(N[C@@H](C)c2ccccc2)c1. The Labute approximate surface area is 176 Å². The van der Waals surface area contributed by atoms with E-state index in [-0.39, 0.29) is 11.9 Å². The van der Waals surface area contributed by atoms with Gasteiger partial charge in [-0.25, -0.2) is 4.98 Å². The van der Waals surface area contributed by atoms with Crippen LogP contribution in [0.4, 0.5) is 11.5 Å². The number of para-hydroxylation sites is 1. The summed E-state index contributed by atoms with van der Waals surface area (Å²) in [5, 5.41) is 4.37. The van der Waals surface area contributed by atoms with Crippen LogP contribution in [0.25, 0.3) is 10.9 Å². The van der Waals surface area contributed by atoms with E-state index in [1.165, 1.54) is 5.56 Å². The highest BCUT2D eigenvalue weighted by Gasteiger charge is 2.18. The standard InChI is InChI=1S/C25H24N4O/c1-3-29(25(30)21-15-20-11-7-8-12-23(20)27-17-21)22-13-14-26-24(16-22)28-18(2)19-9-5-4-6-10-19/h4-18H,3H2,1-2H3,(H,26,28)/t18-/m0/s1. The molecule has 1 atom stereocenters. The summed E-state index contributed by atoms with van der Waals surface area (Å²) >= 11 is 0. The van der Waals surface area contributed by atoms with E-state index in [4.69, 9.17) is 0 Å². The molecule has 2 aromatic heterocycles. The molecule has 2 aromatic carbocycles. The highest BCUT2D eigenvalue weighted by atomic mass is 16.2. The van der Waals surface area contributed by atoms with E-state index < -0.39 is 0 Å². The van der Waals surface area contributed by atoms with E-state index in [0.29, 0.717) is 12.1 Å². The molecule has 0 bridgehead atoms. The molecule has 0 saturated heterocycles. The monoisotopic (exact) mass is 396 g/mol. The van der Waals surface area contributed by atoms with Crippen molar-refractivity contribution in [3.8, 4) is 0 Å². The van der Waals surface area contributed by atoms with Crippen LogP contribution in [-0.4, -0.2) is 22.4 Å². The van der Waals surface area contributed by atoms with Crippen molar-refractivity contribution in [2.45, 2.75) is 19.9 Å². The van der Waals surface area contributed by atoms with Gasteiger partial charge in [0, 0.05) is 42.1 Å². The van der Waals surface area contributed by atoms with E-state index in [1.807, 2.05) is 67.6 Å². The lowest BCUT2D eigenvalue weighted by Crippen LogP contribution is -2.30. The minimum absolute atomic E-state index is 0.0796. The smallest absolute Gasteiger partial charge is 0.259 e. The summed E-state index contributed by atoms with van der Waals surface area (Å²) in [5.74, 6) is 0.649. The number of nitrogens with zero attached hydrogens (tertiary/aromatic N) is 3. The van der Waals surface area contributed by atoms with Crippen molar-refractivity contribution in [1.29, 1.82) is 0 Å². The number of amides is 1. The molecule has 5 heteroatoms. The second-order valence-corrected chi connectivity index (χ2v) is 7.14. The lowest BCUT2D eigenvalue weighted by molar-refractivity contribution is 0.0988. The number of benzene rings is 2. The molecule has 0 aliphatic carbocycles. The van der Waals surface area contributed by atoms with Crippen LogP contribution in [0.3, 0.4) is 0 Å². The molecule has 5 nitrogen and oxygen atoms in total. The van der Waals surface area contributed by atoms with Crippen molar-refractivity contribution >= 4 is 28.3 Å². The van der Waals surface area contributed by atoms with Crippen molar-refractivity contribution in [2.75, 3.05) is 16.8 Å². The predicted molar refractivity (Wildman–Crippen MR) is 122 cm³/mol. The fourth-order valence-corrected chi connectivity index (χ4v) is 3.50. The molecule has 0 aliphatic heterocycles. The Hall–Kier alpha value is -3.73. The van der Waals surface area contributed by atoms with E-state index in [9.17, 15) is 4.79 Å². The van der Waals surface area contributed by atoms with Gasteiger partial charge in [-0.15, -0.1) is 0 Å². The Balaban J connectivity index is 1.58. The second-order valence-electron chi connectivity index (χ2n) is 7.14. The summed E-state index contributed by atoms with van der Waals surface area (Å²) in [7, 11) is 0. The highest BCUT2D eigenvalue weighted by Crippen LogP contribution is 2.24. The second kappa shape index (κ2) is 8.74. The molecule has 0 unspecified atom stereocenters. The van der Waals surface area contributed by atoms with Crippen LogP contribution in [0.1, 0.15) is 35.8 Å². The molecule has 150 valence electrons. The van der Waals surface area contributed by atoms with Crippen LogP contribution in [0, 0.1) is 0 Å². The zero-order valence-corrected chi connectivity index (χ0v) is 17.1. The third kappa shape index (κ3) is 4.15. The van der Waals surface area contributed by atoms with Gasteiger partial charge in [-0.05, 0) is 37.6 Å². The number of hydrogen-bond acceptors (Lipinski definition) is 4. The maximum atomic E-state index is 13.2. The van der Waals surface area contributed by atoms with Crippen LogP contribution >= 0.6 is 0 Å². The molecule has 30 heavy (non-hydrogen) atoms. The van der Waals surface area contributed by atoms with Gasteiger partial charge in [0.25, 0.3) is 5.91 Å². The molecule has 1 N–H and O–H groups in total. The first-order valence-corrected chi connectivity index (χ1v) is 10.1. The Bertz CT molecular complexity index is 1160. The normalized spacial score (nSPS) is 11.8. The molecule has 0 saturated carbocycles. The van der Waals surface area contributed by atoms with Gasteiger partial charge in [0.2, 0.25) is 0 Å². The number of nitrogens with one attached hydrogen (secondary N) is 1. The zero-order chi connectivity index (χ0) is 20.9. The fourth-order valence-electron chi connectivity index (χ4n) is 3.50. The quantitative estimate of drug-likeness (QED) is 0.469. The van der Waals surface area contributed by atoms with Gasteiger partial charge in [-0.3, -0.25) is 9.78 Å². The topological polar surface area (TPSA) is 58.1 Å². The molecule has 2 heterocycles. The number of pyridine rings is 2. The first kappa shape index (κ1) is 19.6. The number of aromatic nitrogens is 2. The molecule has 0 aliphatic rings. The molecule has 4 aromatic rings. The van der Waals surface area contributed by atoms with Crippen LogP contribution in [0.2, 0.25) is 0 Å². The van der Waals surface area contributed by atoms with E-state index in [0.717, 1.165) is 22.4 Å². The van der Waals surface area contributed by atoms with Gasteiger partial charge in [0.1, 0.15) is 5.82 Å². The maximum absolute atomic E-state index is 13.2. The third-order valence-corrected chi connectivity index (χ3v) is 5.12. The van der Waals surface area contributed by atoms with Crippen molar-refractivity contribution in [2.24, 2.45) is 0 Å². The third-order valence-electron chi connectivity index (χ3n) is 5.12. The summed E-state index contributed by atoms with van der Waals surface area (Å²) in [6, 6.07) is 23.8. The van der Waals surface area contributed by atoms with Crippen molar-refractivity contribution in [1.82, 2.24) is 9.97 Å². The van der Waals surface area contributed by atoms with Crippen LogP contribution < -0.4 is 10.2 Å². The largest absolute Gasteiger partial charge is 0.363 e. The maximum Gasteiger partial charge on any atom is 0.259 e. The molecule has 0 spiro atoms. The Morgan fingerprint density at radius 1 is 1.00 bits per heavy atom. The predicted octanol–water partition coefficient (Wildman–Crippen LogP) is 5.47. The van der Waals surface area contributed by atoms with Gasteiger partial charge < -0.3 is 10.2 Å². The van der Waals surface area contributed by atoms with Gasteiger partial charge in [0.05, 0.1) is 11.1 Å². The highest BCUT2D eigenvalue weighted by molar-refractivity contribution is 6.07. The van der Waals surface area contributed by atoms with Gasteiger partial charge >= 0.3 is 0 Å². The number of anilines is 2. The molecule has 4 rings (SSSR count). The first-order chi connectivity index (χ1) is 14.7. The van der Waals surface area contributed by atoms with Gasteiger partial charge in [0.15, 0.2) is 0 Å². The number of hydrogen-bond donors (Lipinski definition) is 1. The summed E-state index contributed by atoms with van der Waals surface area (Å²) < 4.78 is 0. The van der Waals surface area contributed by atoms with Crippen molar-refractivity contribution in [3.05, 3.63) is 96.3 Å². The molecule has 0 fully saturated rings. The van der Waals surface area contributed by atoms with Crippen molar-refractivity contribution in [3.63, 3.8) is 0 Å². The van der Waals surface area contributed by atoms with E-state index in [2.05, 4.69) is 34.3 Å². The summed E-state index contributed by atoms with van der Waals surface area (Å²) in [5.41, 5.74) is 3.42. The number of carbonyl (C=O) groups is 1. The number of carbonyl (C=O) groups excluding carboxylic acids is 1. The Morgan fingerprint density at radius 2 is 1.77 bits per heavy atom. The number of rotatable bonds is 6.